The summed E-state index contributed by atoms with van der Waals surface area (Å²) in [6.07, 6.45) is 1.96. The topological polar surface area (TPSA) is 41.5 Å². The highest BCUT2D eigenvalue weighted by Gasteiger charge is 2.45. The van der Waals surface area contributed by atoms with E-state index in [4.69, 9.17) is 9.84 Å². The minimum absolute atomic E-state index is 0.0977. The monoisotopic (exact) mass is 157 g/mol. The summed E-state index contributed by atoms with van der Waals surface area (Å²) in [7, 11) is 0. The van der Waals surface area contributed by atoms with Gasteiger partial charge in [0.2, 0.25) is 0 Å². The zero-order chi connectivity index (χ0) is 7.90. The van der Waals surface area contributed by atoms with Crippen LogP contribution in [-0.2, 0) is 4.74 Å². The fourth-order valence-electron chi connectivity index (χ4n) is 1.88. The maximum Gasteiger partial charge on any atom is 0.0672 e. The van der Waals surface area contributed by atoms with Crippen LogP contribution in [0, 0.1) is 0 Å². The number of nitrogens with one attached hydrogen (secondary N) is 1. The number of rotatable bonds is 0. The lowest BCUT2D eigenvalue weighted by molar-refractivity contribution is -0.0977. The lowest BCUT2D eigenvalue weighted by Crippen LogP contribution is -2.65. The molecule has 0 aromatic carbocycles. The molecule has 1 atom stereocenters. The Hall–Kier alpha value is -0.120. The average molecular weight is 157 g/mol. The van der Waals surface area contributed by atoms with Crippen LogP contribution >= 0.6 is 0 Å². The van der Waals surface area contributed by atoms with E-state index >= 15 is 0 Å². The molecule has 64 valence electrons. The van der Waals surface area contributed by atoms with E-state index < -0.39 is 0 Å². The van der Waals surface area contributed by atoms with Gasteiger partial charge in [0.15, 0.2) is 0 Å². The Labute approximate surface area is 66.7 Å². The minimum atomic E-state index is -0.0977. The highest BCUT2D eigenvalue weighted by Crippen LogP contribution is 2.34. The Balaban J connectivity index is 1.88. The van der Waals surface area contributed by atoms with Gasteiger partial charge < -0.3 is 15.2 Å². The number of hydrogen-bond acceptors (Lipinski definition) is 3. The minimum Gasteiger partial charge on any atom is -0.393 e. The first-order valence-electron chi connectivity index (χ1n) is 4.25. The van der Waals surface area contributed by atoms with Gasteiger partial charge in [0, 0.05) is 12.1 Å². The van der Waals surface area contributed by atoms with Gasteiger partial charge in [0.1, 0.15) is 0 Å². The molecular weight excluding hydrogens is 142 g/mol. The lowest BCUT2D eigenvalue weighted by Gasteiger charge is -2.49. The van der Waals surface area contributed by atoms with Gasteiger partial charge in [-0.15, -0.1) is 0 Å². The van der Waals surface area contributed by atoms with Crippen LogP contribution in [0.1, 0.15) is 19.8 Å². The predicted octanol–water partition coefficient (Wildman–Crippen LogP) is -0.112. The highest BCUT2D eigenvalue weighted by molar-refractivity contribution is 5.03. The Kier molecular flexibility index (Phi) is 1.67. The van der Waals surface area contributed by atoms with E-state index in [0.29, 0.717) is 6.10 Å². The van der Waals surface area contributed by atoms with Crippen molar-refractivity contribution in [3.05, 3.63) is 0 Å². The molecule has 0 unspecified atom stereocenters. The van der Waals surface area contributed by atoms with Gasteiger partial charge in [-0.25, -0.2) is 0 Å². The van der Waals surface area contributed by atoms with Crippen LogP contribution in [0.2, 0.25) is 0 Å². The van der Waals surface area contributed by atoms with Crippen LogP contribution < -0.4 is 5.32 Å². The molecule has 0 radical (unpaired) electrons. The van der Waals surface area contributed by atoms with Crippen molar-refractivity contribution in [1.29, 1.82) is 0 Å². The summed E-state index contributed by atoms with van der Waals surface area (Å²) in [6.45, 7) is 3.76. The van der Waals surface area contributed by atoms with Crippen molar-refractivity contribution < 1.29 is 9.84 Å². The molecule has 1 aliphatic carbocycles. The smallest absolute Gasteiger partial charge is 0.0672 e. The second-order valence-corrected chi connectivity index (χ2v) is 3.84. The number of hydrogen-bond donors (Lipinski definition) is 2. The zero-order valence-electron chi connectivity index (χ0n) is 6.84. The maximum absolute atomic E-state index is 9.14. The van der Waals surface area contributed by atoms with Crippen molar-refractivity contribution in [2.75, 3.05) is 13.2 Å². The Morgan fingerprint density at radius 3 is 2.73 bits per heavy atom. The molecular formula is C8H15NO2. The SMILES string of the molecule is C[C@@H]1CNC2(CO1)CC(O)C2. The van der Waals surface area contributed by atoms with Gasteiger partial charge in [-0.3, -0.25) is 0 Å². The molecule has 3 heteroatoms. The summed E-state index contributed by atoms with van der Waals surface area (Å²) in [4.78, 5) is 0. The predicted molar refractivity (Wildman–Crippen MR) is 41.4 cm³/mol. The van der Waals surface area contributed by atoms with Crippen molar-refractivity contribution >= 4 is 0 Å². The molecule has 3 nitrogen and oxygen atoms in total. The third kappa shape index (κ3) is 1.28. The molecule has 1 aliphatic heterocycles. The molecule has 0 aromatic rings. The maximum atomic E-state index is 9.14. The summed E-state index contributed by atoms with van der Waals surface area (Å²) < 4.78 is 5.51. The van der Waals surface area contributed by atoms with Crippen LogP contribution in [0.4, 0.5) is 0 Å². The van der Waals surface area contributed by atoms with Crippen LogP contribution in [-0.4, -0.2) is 36.0 Å². The molecule has 11 heavy (non-hydrogen) atoms. The van der Waals surface area contributed by atoms with Gasteiger partial charge in [0.05, 0.1) is 18.8 Å². The van der Waals surface area contributed by atoms with Gasteiger partial charge in [-0.05, 0) is 19.8 Å². The first-order valence-corrected chi connectivity index (χ1v) is 4.25. The zero-order valence-corrected chi connectivity index (χ0v) is 6.84. The molecule has 2 N–H and O–H groups in total. The summed E-state index contributed by atoms with van der Waals surface area (Å²) in [5.41, 5.74) is 0.131. The summed E-state index contributed by atoms with van der Waals surface area (Å²) in [5.74, 6) is 0. The molecule has 1 spiro atoms. The molecule has 2 fully saturated rings. The molecule has 0 aromatic heterocycles. The Morgan fingerprint density at radius 2 is 2.27 bits per heavy atom. The van der Waals surface area contributed by atoms with Crippen LogP contribution in [0.3, 0.4) is 0 Å². The third-order valence-electron chi connectivity index (χ3n) is 2.66. The van der Waals surface area contributed by atoms with Crippen molar-refractivity contribution in [3.63, 3.8) is 0 Å². The van der Waals surface area contributed by atoms with Crippen molar-refractivity contribution in [3.8, 4) is 0 Å². The van der Waals surface area contributed by atoms with Crippen molar-refractivity contribution in [2.24, 2.45) is 0 Å². The molecule has 1 saturated heterocycles. The van der Waals surface area contributed by atoms with E-state index in [9.17, 15) is 0 Å². The molecule has 2 aliphatic rings. The van der Waals surface area contributed by atoms with E-state index in [2.05, 4.69) is 12.2 Å². The highest BCUT2D eigenvalue weighted by atomic mass is 16.5. The molecule has 0 bridgehead atoms. The van der Waals surface area contributed by atoms with Crippen molar-refractivity contribution in [1.82, 2.24) is 5.32 Å². The standard InChI is InChI=1S/C8H15NO2/c1-6-4-9-8(5-11-6)2-7(10)3-8/h6-7,9-10H,2-5H2,1H3/t6-,7?,8?/m1/s1. The van der Waals surface area contributed by atoms with E-state index in [0.717, 1.165) is 26.0 Å². The summed E-state index contributed by atoms with van der Waals surface area (Å²) in [5, 5.41) is 12.6. The number of aliphatic hydroxyl groups excluding tert-OH is 1. The van der Waals surface area contributed by atoms with Crippen LogP contribution in [0.5, 0.6) is 0 Å². The fourth-order valence-corrected chi connectivity index (χ4v) is 1.88. The Bertz CT molecular complexity index is 144. The third-order valence-corrected chi connectivity index (χ3v) is 2.66. The summed E-state index contributed by atoms with van der Waals surface area (Å²) >= 11 is 0. The van der Waals surface area contributed by atoms with Crippen LogP contribution in [0.25, 0.3) is 0 Å². The molecule has 1 saturated carbocycles. The van der Waals surface area contributed by atoms with E-state index in [-0.39, 0.29) is 11.6 Å². The largest absolute Gasteiger partial charge is 0.393 e. The molecule has 0 amide bonds. The molecule has 2 rings (SSSR count). The fraction of sp³-hybridized carbons (Fsp3) is 1.00. The quantitative estimate of drug-likeness (QED) is 0.515. The average Bonchev–Trinajstić information content (AvgIpc) is 1.92. The molecule has 1 heterocycles. The Morgan fingerprint density at radius 1 is 1.55 bits per heavy atom. The lowest BCUT2D eigenvalue weighted by atomic mass is 9.74. The number of ether oxygens (including phenoxy) is 1. The number of morpholine rings is 1. The second kappa shape index (κ2) is 2.44. The van der Waals surface area contributed by atoms with Crippen molar-refractivity contribution in [2.45, 2.75) is 37.5 Å². The van der Waals surface area contributed by atoms with Gasteiger partial charge in [0.25, 0.3) is 0 Å². The van der Waals surface area contributed by atoms with Gasteiger partial charge in [-0.2, -0.15) is 0 Å². The van der Waals surface area contributed by atoms with E-state index in [1.54, 1.807) is 0 Å². The first-order chi connectivity index (χ1) is 5.20. The summed E-state index contributed by atoms with van der Waals surface area (Å²) in [6, 6.07) is 0. The second-order valence-electron chi connectivity index (χ2n) is 3.84. The van der Waals surface area contributed by atoms with E-state index in [1.807, 2.05) is 0 Å². The van der Waals surface area contributed by atoms with Gasteiger partial charge in [-0.1, -0.05) is 0 Å². The number of aliphatic hydroxyl groups is 1. The van der Waals surface area contributed by atoms with Crippen LogP contribution in [0.15, 0.2) is 0 Å². The first kappa shape index (κ1) is 7.53. The van der Waals surface area contributed by atoms with Gasteiger partial charge >= 0.3 is 0 Å². The normalized spacial score (nSPS) is 50.7. The van der Waals surface area contributed by atoms with E-state index in [1.165, 1.54) is 0 Å².